The number of hydrogen-bond acceptors (Lipinski definition) is 2. The third kappa shape index (κ3) is 5.84. The van der Waals surface area contributed by atoms with Gasteiger partial charge in [0.15, 0.2) is 23.1 Å². The molecular weight excluding hydrogens is 456 g/mol. The van der Waals surface area contributed by atoms with Crippen molar-refractivity contribution in [2.24, 2.45) is 11.8 Å². The number of hydrogen-bond donors (Lipinski definition) is 0. The third-order valence-corrected chi connectivity index (χ3v) is 7.73. The molecule has 0 radical (unpaired) electrons. The van der Waals surface area contributed by atoms with Crippen molar-refractivity contribution in [2.75, 3.05) is 13.2 Å². The molecule has 0 N–H and O–H groups in total. The number of benzene rings is 2. The molecule has 6 heteroatoms. The van der Waals surface area contributed by atoms with Gasteiger partial charge >= 0.3 is 0 Å². The Kier molecular flexibility index (Phi) is 8.40. The standard InChI is InChI=1S/C29H34F4O2/c1-3-16-34-24-14-12-23(26(30)28(24)32)21-10-6-19(7-11-21)17-35-25-15-13-22(27(31)29(25)33)20-8-4-18(2)5-9-20/h3,12-15,18-21H,1,4-11,16-17H2,2H3. The van der Waals surface area contributed by atoms with E-state index in [1.165, 1.54) is 12.1 Å². The van der Waals surface area contributed by atoms with Gasteiger partial charge in [0.05, 0.1) is 6.61 Å². The summed E-state index contributed by atoms with van der Waals surface area (Å²) < 4.78 is 69.3. The average molecular weight is 491 g/mol. The number of halogens is 4. The molecule has 2 aromatic carbocycles. The molecule has 2 aliphatic carbocycles. The molecule has 190 valence electrons. The van der Waals surface area contributed by atoms with Crippen molar-refractivity contribution in [3.63, 3.8) is 0 Å². The zero-order chi connectivity index (χ0) is 24.9. The fourth-order valence-corrected chi connectivity index (χ4v) is 5.51. The van der Waals surface area contributed by atoms with Crippen LogP contribution in [-0.4, -0.2) is 13.2 Å². The van der Waals surface area contributed by atoms with Crippen LogP contribution in [0, 0.1) is 35.1 Å². The summed E-state index contributed by atoms with van der Waals surface area (Å²) in [6, 6.07) is 6.27. The van der Waals surface area contributed by atoms with Gasteiger partial charge in [-0.15, -0.1) is 0 Å². The van der Waals surface area contributed by atoms with Crippen molar-refractivity contribution in [2.45, 2.75) is 70.1 Å². The molecule has 0 aromatic heterocycles. The predicted octanol–water partition coefficient (Wildman–Crippen LogP) is 8.45. The van der Waals surface area contributed by atoms with Crippen molar-refractivity contribution in [3.8, 4) is 11.5 Å². The normalized spacial score (nSPS) is 24.7. The minimum Gasteiger partial charge on any atom is -0.490 e. The van der Waals surface area contributed by atoms with Crippen molar-refractivity contribution >= 4 is 0 Å². The minimum atomic E-state index is -0.974. The highest BCUT2D eigenvalue weighted by Crippen LogP contribution is 2.40. The Bertz CT molecular complexity index is 1020. The van der Waals surface area contributed by atoms with Gasteiger partial charge in [-0.25, -0.2) is 8.78 Å². The fraction of sp³-hybridized carbons (Fsp3) is 0.517. The molecule has 2 aliphatic rings. The highest BCUT2D eigenvalue weighted by atomic mass is 19.2. The lowest BCUT2D eigenvalue weighted by Gasteiger charge is -2.29. The number of rotatable bonds is 8. The molecule has 0 unspecified atom stereocenters. The Morgan fingerprint density at radius 3 is 1.71 bits per heavy atom. The summed E-state index contributed by atoms with van der Waals surface area (Å²) >= 11 is 0. The molecule has 0 bridgehead atoms. The van der Waals surface area contributed by atoms with E-state index in [0.29, 0.717) is 29.9 Å². The van der Waals surface area contributed by atoms with E-state index in [0.717, 1.165) is 38.5 Å². The second-order valence-electron chi connectivity index (χ2n) is 10.1. The topological polar surface area (TPSA) is 18.5 Å². The Balaban J connectivity index is 1.32. The van der Waals surface area contributed by atoms with Gasteiger partial charge in [-0.05, 0) is 85.5 Å². The molecular formula is C29H34F4O2. The lowest BCUT2D eigenvalue weighted by atomic mass is 9.78. The first-order valence-corrected chi connectivity index (χ1v) is 12.7. The lowest BCUT2D eigenvalue weighted by molar-refractivity contribution is 0.191. The van der Waals surface area contributed by atoms with Crippen LogP contribution in [0.4, 0.5) is 17.6 Å². The van der Waals surface area contributed by atoms with Gasteiger partial charge in [-0.1, -0.05) is 44.6 Å². The summed E-state index contributed by atoms with van der Waals surface area (Å²) in [5.41, 5.74) is 0.811. The second-order valence-corrected chi connectivity index (χ2v) is 10.1. The molecule has 35 heavy (non-hydrogen) atoms. The van der Waals surface area contributed by atoms with Crippen molar-refractivity contribution in [3.05, 3.63) is 71.3 Å². The van der Waals surface area contributed by atoms with Crippen molar-refractivity contribution in [1.29, 1.82) is 0 Å². The van der Waals surface area contributed by atoms with Crippen LogP contribution < -0.4 is 9.47 Å². The summed E-state index contributed by atoms with van der Waals surface area (Å²) in [5.74, 6) is -2.95. The van der Waals surface area contributed by atoms with E-state index in [-0.39, 0.29) is 42.5 Å². The first-order valence-electron chi connectivity index (χ1n) is 12.7. The maximum absolute atomic E-state index is 14.8. The molecule has 2 nitrogen and oxygen atoms in total. The van der Waals surface area contributed by atoms with Gasteiger partial charge in [-0.3, -0.25) is 0 Å². The zero-order valence-corrected chi connectivity index (χ0v) is 20.3. The molecule has 0 amide bonds. The summed E-state index contributed by atoms with van der Waals surface area (Å²) in [4.78, 5) is 0. The van der Waals surface area contributed by atoms with Crippen LogP contribution in [0.15, 0.2) is 36.9 Å². The van der Waals surface area contributed by atoms with Crippen LogP contribution in [0.1, 0.15) is 81.3 Å². The van der Waals surface area contributed by atoms with Crippen LogP contribution in [-0.2, 0) is 0 Å². The molecule has 0 atom stereocenters. The van der Waals surface area contributed by atoms with E-state index in [1.54, 1.807) is 18.2 Å². The molecule has 2 fully saturated rings. The Morgan fingerprint density at radius 2 is 1.20 bits per heavy atom. The molecule has 0 spiro atoms. The van der Waals surface area contributed by atoms with E-state index in [9.17, 15) is 17.6 Å². The van der Waals surface area contributed by atoms with Crippen LogP contribution in [0.25, 0.3) is 0 Å². The minimum absolute atomic E-state index is 0.0548. The first kappa shape index (κ1) is 25.6. The van der Waals surface area contributed by atoms with Gasteiger partial charge < -0.3 is 9.47 Å². The van der Waals surface area contributed by atoms with Crippen molar-refractivity contribution in [1.82, 2.24) is 0 Å². The molecule has 0 heterocycles. The largest absolute Gasteiger partial charge is 0.490 e. The summed E-state index contributed by atoms with van der Waals surface area (Å²) in [6.45, 7) is 6.08. The summed E-state index contributed by atoms with van der Waals surface area (Å²) in [6.07, 6.45) is 8.14. The summed E-state index contributed by atoms with van der Waals surface area (Å²) in [5, 5.41) is 0. The maximum atomic E-state index is 14.8. The first-order chi connectivity index (χ1) is 16.9. The van der Waals surface area contributed by atoms with E-state index >= 15 is 0 Å². The van der Waals surface area contributed by atoms with E-state index in [4.69, 9.17) is 9.47 Å². The Hall–Kier alpha value is -2.50. The smallest absolute Gasteiger partial charge is 0.200 e. The lowest BCUT2D eigenvalue weighted by Crippen LogP contribution is -2.20. The SMILES string of the molecule is C=CCOc1ccc(C2CCC(COc3ccc(C4CCC(C)CC4)c(F)c3F)CC2)c(F)c1F. The van der Waals surface area contributed by atoms with E-state index < -0.39 is 23.3 Å². The summed E-state index contributed by atoms with van der Waals surface area (Å²) in [7, 11) is 0. The highest BCUT2D eigenvalue weighted by molar-refractivity contribution is 5.34. The van der Waals surface area contributed by atoms with Gasteiger partial charge in [-0.2, -0.15) is 8.78 Å². The second kappa shape index (κ2) is 11.5. The molecule has 4 rings (SSSR count). The molecule has 2 aromatic rings. The van der Waals surface area contributed by atoms with Gasteiger partial charge in [0, 0.05) is 0 Å². The van der Waals surface area contributed by atoms with Crippen LogP contribution in [0.2, 0.25) is 0 Å². The van der Waals surface area contributed by atoms with Gasteiger partial charge in [0.1, 0.15) is 6.61 Å². The molecule has 2 saturated carbocycles. The van der Waals surface area contributed by atoms with Gasteiger partial charge in [0.25, 0.3) is 0 Å². The number of ether oxygens (including phenoxy) is 2. The monoisotopic (exact) mass is 490 g/mol. The predicted molar refractivity (Wildman–Crippen MR) is 129 cm³/mol. The van der Waals surface area contributed by atoms with E-state index in [2.05, 4.69) is 13.5 Å². The maximum Gasteiger partial charge on any atom is 0.200 e. The van der Waals surface area contributed by atoms with E-state index in [1.807, 2.05) is 0 Å². The Morgan fingerprint density at radius 1 is 0.714 bits per heavy atom. The molecule has 0 aliphatic heterocycles. The van der Waals surface area contributed by atoms with Crippen molar-refractivity contribution < 1.29 is 27.0 Å². The fourth-order valence-electron chi connectivity index (χ4n) is 5.51. The Labute approximate surface area is 205 Å². The van der Waals surface area contributed by atoms with Gasteiger partial charge in [0.2, 0.25) is 11.6 Å². The zero-order valence-electron chi connectivity index (χ0n) is 20.3. The third-order valence-electron chi connectivity index (χ3n) is 7.73. The average Bonchev–Trinajstić information content (AvgIpc) is 2.87. The van der Waals surface area contributed by atoms with Crippen LogP contribution >= 0.6 is 0 Å². The molecule has 0 saturated heterocycles. The quantitative estimate of drug-likeness (QED) is 0.273. The van der Waals surface area contributed by atoms with Crippen LogP contribution in [0.5, 0.6) is 11.5 Å². The highest BCUT2D eigenvalue weighted by Gasteiger charge is 2.28. The van der Waals surface area contributed by atoms with Crippen LogP contribution in [0.3, 0.4) is 0 Å².